The SMILES string of the molecule is C=C(N)c1cccc(CC(CO)C(NC(=O)c2ccc(-c3cccc(CN)c3)cc2)c2cccnc2)c1. The Morgan fingerprint density at radius 2 is 1.68 bits per heavy atom. The zero-order valence-corrected chi connectivity index (χ0v) is 20.7. The molecule has 2 unspecified atom stereocenters. The zero-order chi connectivity index (χ0) is 26.2. The monoisotopic (exact) mass is 492 g/mol. The van der Waals surface area contributed by atoms with Gasteiger partial charge in [0.1, 0.15) is 0 Å². The van der Waals surface area contributed by atoms with E-state index in [0.29, 0.717) is 24.2 Å². The normalized spacial score (nSPS) is 12.5. The molecule has 6 heteroatoms. The van der Waals surface area contributed by atoms with E-state index in [1.54, 1.807) is 12.4 Å². The lowest BCUT2D eigenvalue weighted by Gasteiger charge is -2.27. The van der Waals surface area contributed by atoms with Gasteiger partial charge in [0, 0.05) is 42.7 Å². The van der Waals surface area contributed by atoms with Crippen LogP contribution in [0.3, 0.4) is 0 Å². The molecule has 0 radical (unpaired) electrons. The summed E-state index contributed by atoms with van der Waals surface area (Å²) in [5, 5.41) is 13.5. The summed E-state index contributed by atoms with van der Waals surface area (Å²) in [7, 11) is 0. The molecule has 3 aromatic carbocycles. The summed E-state index contributed by atoms with van der Waals surface area (Å²) in [5.41, 5.74) is 18.4. The number of pyridine rings is 1. The van der Waals surface area contributed by atoms with Gasteiger partial charge < -0.3 is 21.9 Å². The van der Waals surface area contributed by atoms with Crippen molar-refractivity contribution in [1.29, 1.82) is 0 Å². The standard InChI is InChI=1S/C31H32N4O2/c1-21(33)26-7-2-5-22(15-26)16-29(20-36)30(28-9-4-14-34-19-28)35-31(37)25-12-10-24(11-13-25)27-8-3-6-23(17-27)18-32/h2-15,17,19,29-30,36H,1,16,18,20,32-33H2,(H,35,37). The molecule has 0 spiro atoms. The minimum absolute atomic E-state index is 0.121. The molecule has 4 rings (SSSR count). The molecular weight excluding hydrogens is 460 g/mol. The van der Waals surface area contributed by atoms with Crippen LogP contribution >= 0.6 is 0 Å². The number of rotatable bonds is 10. The van der Waals surface area contributed by atoms with Gasteiger partial charge in [-0.2, -0.15) is 0 Å². The van der Waals surface area contributed by atoms with Gasteiger partial charge in [0.2, 0.25) is 0 Å². The predicted octanol–water partition coefficient (Wildman–Crippen LogP) is 4.46. The van der Waals surface area contributed by atoms with Crippen LogP contribution in [0.5, 0.6) is 0 Å². The Morgan fingerprint density at radius 3 is 2.35 bits per heavy atom. The van der Waals surface area contributed by atoms with E-state index in [1.807, 2.05) is 84.9 Å². The lowest BCUT2D eigenvalue weighted by atomic mass is 9.88. The molecule has 4 aromatic rings. The molecule has 1 amide bonds. The van der Waals surface area contributed by atoms with Crippen LogP contribution in [0.25, 0.3) is 16.8 Å². The average Bonchev–Trinajstić information content (AvgIpc) is 2.95. The Labute approximate surface area is 217 Å². The summed E-state index contributed by atoms with van der Waals surface area (Å²) in [6.07, 6.45) is 3.94. The molecule has 0 aliphatic heterocycles. The van der Waals surface area contributed by atoms with E-state index in [2.05, 4.69) is 16.9 Å². The van der Waals surface area contributed by atoms with Crippen LogP contribution in [0, 0.1) is 5.92 Å². The zero-order valence-electron chi connectivity index (χ0n) is 20.7. The van der Waals surface area contributed by atoms with E-state index in [9.17, 15) is 9.90 Å². The summed E-state index contributed by atoms with van der Waals surface area (Å²) < 4.78 is 0. The third-order valence-electron chi connectivity index (χ3n) is 6.47. The summed E-state index contributed by atoms with van der Waals surface area (Å²) in [4.78, 5) is 17.6. The maximum atomic E-state index is 13.3. The minimum atomic E-state index is -0.447. The molecule has 188 valence electrons. The first-order valence-corrected chi connectivity index (χ1v) is 12.2. The first-order chi connectivity index (χ1) is 18.0. The van der Waals surface area contributed by atoms with Crippen LogP contribution in [-0.4, -0.2) is 22.6 Å². The Bertz CT molecular complexity index is 1350. The highest BCUT2D eigenvalue weighted by Crippen LogP contribution is 2.27. The second-order valence-corrected chi connectivity index (χ2v) is 9.09. The molecule has 6 nitrogen and oxygen atoms in total. The van der Waals surface area contributed by atoms with Crippen LogP contribution in [-0.2, 0) is 13.0 Å². The van der Waals surface area contributed by atoms with Crippen LogP contribution in [0.4, 0.5) is 0 Å². The van der Waals surface area contributed by atoms with Crippen molar-refractivity contribution in [2.75, 3.05) is 6.61 Å². The van der Waals surface area contributed by atoms with Crippen molar-refractivity contribution in [2.24, 2.45) is 17.4 Å². The van der Waals surface area contributed by atoms with Gasteiger partial charge in [-0.05, 0) is 70.1 Å². The Morgan fingerprint density at radius 1 is 0.919 bits per heavy atom. The number of aliphatic hydroxyl groups excluding tert-OH is 1. The van der Waals surface area contributed by atoms with Gasteiger partial charge in [0.05, 0.1) is 6.04 Å². The van der Waals surface area contributed by atoms with Gasteiger partial charge in [-0.25, -0.2) is 0 Å². The smallest absolute Gasteiger partial charge is 0.251 e. The fraction of sp³-hybridized carbons (Fsp3) is 0.161. The molecule has 0 aliphatic carbocycles. The number of carbonyl (C=O) groups is 1. The summed E-state index contributed by atoms with van der Waals surface area (Å²) in [5.74, 6) is -0.508. The first-order valence-electron chi connectivity index (χ1n) is 12.2. The summed E-state index contributed by atoms with van der Waals surface area (Å²) >= 11 is 0. The van der Waals surface area contributed by atoms with Crippen molar-refractivity contribution in [3.05, 3.63) is 132 Å². The summed E-state index contributed by atoms with van der Waals surface area (Å²) in [6, 6.07) is 26.6. The Kier molecular flexibility index (Phi) is 8.46. The van der Waals surface area contributed by atoms with Gasteiger partial charge in [-0.1, -0.05) is 61.2 Å². The number of nitrogens with one attached hydrogen (secondary N) is 1. The number of carbonyl (C=O) groups excluding carboxylic acids is 1. The molecular formula is C31H32N4O2. The third kappa shape index (κ3) is 6.50. The van der Waals surface area contributed by atoms with Crippen molar-refractivity contribution in [2.45, 2.75) is 19.0 Å². The topological polar surface area (TPSA) is 114 Å². The highest BCUT2D eigenvalue weighted by atomic mass is 16.3. The quantitative estimate of drug-likeness (QED) is 0.261. The molecule has 0 bridgehead atoms. The molecule has 0 saturated carbocycles. The van der Waals surface area contributed by atoms with E-state index in [4.69, 9.17) is 11.5 Å². The molecule has 1 heterocycles. The second-order valence-electron chi connectivity index (χ2n) is 9.09. The number of benzene rings is 3. The number of hydrogen-bond donors (Lipinski definition) is 4. The fourth-order valence-corrected chi connectivity index (χ4v) is 4.44. The lowest BCUT2D eigenvalue weighted by molar-refractivity contribution is 0.0902. The number of aromatic nitrogens is 1. The van der Waals surface area contributed by atoms with Crippen LogP contribution in [0.2, 0.25) is 0 Å². The lowest BCUT2D eigenvalue weighted by Crippen LogP contribution is -2.36. The second kappa shape index (κ2) is 12.1. The van der Waals surface area contributed by atoms with E-state index in [1.165, 1.54) is 0 Å². The van der Waals surface area contributed by atoms with Crippen molar-refractivity contribution >= 4 is 11.6 Å². The highest BCUT2D eigenvalue weighted by molar-refractivity contribution is 5.95. The number of aliphatic hydroxyl groups is 1. The average molecular weight is 493 g/mol. The molecule has 6 N–H and O–H groups in total. The fourth-order valence-electron chi connectivity index (χ4n) is 4.44. The van der Waals surface area contributed by atoms with Gasteiger partial charge >= 0.3 is 0 Å². The number of nitrogens with zero attached hydrogens (tertiary/aromatic N) is 1. The van der Waals surface area contributed by atoms with Gasteiger partial charge in [-0.3, -0.25) is 9.78 Å². The Hall–Kier alpha value is -4.26. The summed E-state index contributed by atoms with van der Waals surface area (Å²) in [6.45, 7) is 4.17. The predicted molar refractivity (Wildman–Crippen MR) is 148 cm³/mol. The number of nitrogens with two attached hydrogens (primary N) is 2. The molecule has 0 fully saturated rings. The maximum absolute atomic E-state index is 13.3. The minimum Gasteiger partial charge on any atom is -0.399 e. The third-order valence-corrected chi connectivity index (χ3v) is 6.47. The van der Waals surface area contributed by atoms with Crippen molar-refractivity contribution in [3.8, 4) is 11.1 Å². The highest BCUT2D eigenvalue weighted by Gasteiger charge is 2.26. The number of hydrogen-bond acceptors (Lipinski definition) is 5. The van der Waals surface area contributed by atoms with Gasteiger partial charge in [-0.15, -0.1) is 0 Å². The van der Waals surface area contributed by atoms with E-state index in [0.717, 1.165) is 33.4 Å². The van der Waals surface area contributed by atoms with Crippen molar-refractivity contribution < 1.29 is 9.90 Å². The molecule has 0 aliphatic rings. The van der Waals surface area contributed by atoms with Crippen LogP contribution in [0.15, 0.2) is 104 Å². The van der Waals surface area contributed by atoms with Crippen LogP contribution in [0.1, 0.15) is 38.7 Å². The van der Waals surface area contributed by atoms with Crippen molar-refractivity contribution in [3.63, 3.8) is 0 Å². The van der Waals surface area contributed by atoms with Gasteiger partial charge in [0.25, 0.3) is 5.91 Å². The molecule has 1 aromatic heterocycles. The van der Waals surface area contributed by atoms with Gasteiger partial charge in [0.15, 0.2) is 0 Å². The molecule has 0 saturated heterocycles. The largest absolute Gasteiger partial charge is 0.399 e. The first kappa shape index (κ1) is 25.8. The van der Waals surface area contributed by atoms with Crippen molar-refractivity contribution in [1.82, 2.24) is 10.3 Å². The number of amides is 1. The van der Waals surface area contributed by atoms with Crippen LogP contribution < -0.4 is 16.8 Å². The molecule has 37 heavy (non-hydrogen) atoms. The maximum Gasteiger partial charge on any atom is 0.251 e. The van der Waals surface area contributed by atoms with E-state index in [-0.39, 0.29) is 18.4 Å². The Balaban J connectivity index is 1.57. The molecule has 2 atom stereocenters. The van der Waals surface area contributed by atoms with E-state index < -0.39 is 6.04 Å². The van der Waals surface area contributed by atoms with E-state index >= 15 is 0 Å².